The molecule has 124 valence electrons. The second kappa shape index (κ2) is 5.94. The summed E-state index contributed by atoms with van der Waals surface area (Å²) >= 11 is 6.04. The Hall–Kier alpha value is -2.34. The third-order valence-electron chi connectivity index (χ3n) is 4.60. The second-order valence-corrected chi connectivity index (χ2v) is 6.51. The Morgan fingerprint density at radius 2 is 2.33 bits per heavy atom. The van der Waals surface area contributed by atoms with Crippen molar-refractivity contribution in [1.29, 1.82) is 0 Å². The van der Waals surface area contributed by atoms with Crippen molar-refractivity contribution in [3.05, 3.63) is 41.4 Å². The Morgan fingerprint density at radius 1 is 1.46 bits per heavy atom. The summed E-state index contributed by atoms with van der Waals surface area (Å²) in [5, 5.41) is 3.64. The quantitative estimate of drug-likeness (QED) is 0.794. The molecule has 1 aliphatic heterocycles. The maximum absolute atomic E-state index is 12.7. The van der Waals surface area contributed by atoms with Gasteiger partial charge in [-0.15, -0.1) is 0 Å². The minimum atomic E-state index is -0.0529. The van der Waals surface area contributed by atoms with E-state index < -0.39 is 0 Å². The lowest BCUT2D eigenvalue weighted by Gasteiger charge is -2.22. The van der Waals surface area contributed by atoms with E-state index in [1.54, 1.807) is 0 Å². The molecular weight excluding hydrogens is 326 g/mol. The summed E-state index contributed by atoms with van der Waals surface area (Å²) in [5.41, 5.74) is 2.87. The van der Waals surface area contributed by atoms with E-state index in [9.17, 15) is 4.79 Å². The lowest BCUT2D eigenvalue weighted by atomic mass is 9.95. The van der Waals surface area contributed by atoms with Crippen LogP contribution in [-0.4, -0.2) is 25.0 Å². The van der Waals surface area contributed by atoms with Crippen LogP contribution in [0.2, 0.25) is 5.02 Å². The highest BCUT2D eigenvalue weighted by molar-refractivity contribution is 6.31. The van der Waals surface area contributed by atoms with Gasteiger partial charge in [0.05, 0.1) is 17.4 Å². The van der Waals surface area contributed by atoms with Gasteiger partial charge in [-0.3, -0.25) is 10.1 Å². The van der Waals surface area contributed by atoms with Crippen LogP contribution in [0.1, 0.15) is 19.0 Å². The molecule has 4 rings (SSSR count). The highest BCUT2D eigenvalue weighted by Gasteiger charge is 2.26. The van der Waals surface area contributed by atoms with Crippen molar-refractivity contribution in [1.82, 2.24) is 19.1 Å². The van der Waals surface area contributed by atoms with Crippen LogP contribution in [-0.2, 0) is 24.3 Å². The van der Waals surface area contributed by atoms with Gasteiger partial charge in [0.15, 0.2) is 0 Å². The van der Waals surface area contributed by atoms with Crippen molar-refractivity contribution in [2.75, 3.05) is 5.32 Å². The van der Waals surface area contributed by atoms with E-state index in [1.165, 1.54) is 0 Å². The molecule has 2 aromatic heterocycles. The van der Waals surface area contributed by atoms with E-state index >= 15 is 0 Å². The lowest BCUT2D eigenvalue weighted by molar-refractivity contribution is -0.120. The Balaban J connectivity index is 1.59. The first-order chi connectivity index (χ1) is 11.7. The van der Waals surface area contributed by atoms with Crippen LogP contribution in [0.5, 0.6) is 0 Å². The fourth-order valence-electron chi connectivity index (χ4n) is 3.32. The molecule has 0 spiro atoms. The molecule has 3 heterocycles. The fraction of sp³-hybridized carbons (Fsp3) is 0.353. The third-order valence-corrected chi connectivity index (χ3v) is 4.84. The van der Waals surface area contributed by atoms with Crippen molar-refractivity contribution in [2.45, 2.75) is 32.9 Å². The van der Waals surface area contributed by atoms with Gasteiger partial charge in [-0.25, -0.2) is 9.97 Å². The molecule has 1 atom stereocenters. The van der Waals surface area contributed by atoms with Gasteiger partial charge in [0.2, 0.25) is 11.9 Å². The molecule has 1 N–H and O–H groups in total. The first kappa shape index (κ1) is 15.2. The van der Waals surface area contributed by atoms with Crippen LogP contribution < -0.4 is 5.32 Å². The van der Waals surface area contributed by atoms with Crippen LogP contribution >= 0.6 is 11.6 Å². The number of hydrogen-bond donors (Lipinski definition) is 1. The molecule has 0 saturated carbocycles. The van der Waals surface area contributed by atoms with Crippen molar-refractivity contribution in [3.63, 3.8) is 0 Å². The molecule has 0 saturated heterocycles. The van der Waals surface area contributed by atoms with E-state index in [2.05, 4.69) is 19.9 Å². The number of fused-ring (bicyclic) bond motifs is 2. The molecular formula is C17H18ClN5O. The number of anilines is 1. The number of aromatic nitrogens is 4. The number of rotatable bonds is 3. The zero-order valence-electron chi connectivity index (χ0n) is 13.4. The van der Waals surface area contributed by atoms with Gasteiger partial charge in [0.25, 0.3) is 0 Å². The number of carbonyl (C=O) groups excluding carboxylic acids is 1. The molecule has 0 fully saturated rings. The maximum atomic E-state index is 12.7. The number of benzene rings is 1. The zero-order chi connectivity index (χ0) is 16.7. The highest BCUT2D eigenvalue weighted by Crippen LogP contribution is 2.25. The van der Waals surface area contributed by atoms with E-state index in [4.69, 9.17) is 11.6 Å². The van der Waals surface area contributed by atoms with Crippen LogP contribution in [0, 0.1) is 5.92 Å². The third kappa shape index (κ3) is 2.57. The summed E-state index contributed by atoms with van der Waals surface area (Å²) in [6.07, 6.45) is 5.18. The fourth-order valence-corrected chi connectivity index (χ4v) is 3.49. The average molecular weight is 344 g/mol. The van der Waals surface area contributed by atoms with Crippen LogP contribution in [0.25, 0.3) is 11.0 Å². The van der Waals surface area contributed by atoms with Crippen LogP contribution in [0.15, 0.2) is 30.7 Å². The van der Waals surface area contributed by atoms with E-state index in [0.29, 0.717) is 17.4 Å². The first-order valence-electron chi connectivity index (χ1n) is 8.11. The topological polar surface area (TPSA) is 64.7 Å². The molecule has 1 amide bonds. The average Bonchev–Trinajstić information content (AvgIpc) is 3.17. The molecule has 1 aromatic carbocycles. The van der Waals surface area contributed by atoms with Crippen molar-refractivity contribution in [2.24, 2.45) is 5.92 Å². The summed E-state index contributed by atoms with van der Waals surface area (Å²) in [4.78, 5) is 21.4. The Labute approximate surface area is 144 Å². The number of carbonyl (C=O) groups is 1. The SMILES string of the molecule is CCn1c(NC(=O)C2CCn3cncc3C2)nc2cc(Cl)ccc21. The number of hydrogen-bond acceptors (Lipinski definition) is 3. The monoisotopic (exact) mass is 343 g/mol. The van der Waals surface area contributed by atoms with Gasteiger partial charge < -0.3 is 9.13 Å². The molecule has 24 heavy (non-hydrogen) atoms. The zero-order valence-corrected chi connectivity index (χ0v) is 14.1. The van der Waals surface area contributed by atoms with Crippen molar-refractivity contribution in [3.8, 4) is 0 Å². The lowest BCUT2D eigenvalue weighted by Crippen LogP contribution is -2.30. The smallest absolute Gasteiger partial charge is 0.230 e. The number of nitrogens with zero attached hydrogens (tertiary/aromatic N) is 4. The van der Waals surface area contributed by atoms with Gasteiger partial charge in [-0.05, 0) is 31.5 Å². The summed E-state index contributed by atoms with van der Waals surface area (Å²) in [6.45, 7) is 3.59. The van der Waals surface area contributed by atoms with Crippen molar-refractivity contribution >= 4 is 34.5 Å². The van der Waals surface area contributed by atoms with Gasteiger partial charge in [0, 0.05) is 42.3 Å². The van der Waals surface area contributed by atoms with Gasteiger partial charge in [-0.2, -0.15) is 0 Å². The molecule has 7 heteroatoms. The largest absolute Gasteiger partial charge is 0.335 e. The minimum absolute atomic E-state index is 0.0125. The van der Waals surface area contributed by atoms with E-state index in [0.717, 1.165) is 36.2 Å². The summed E-state index contributed by atoms with van der Waals surface area (Å²) in [6, 6.07) is 5.59. The summed E-state index contributed by atoms with van der Waals surface area (Å²) < 4.78 is 4.10. The van der Waals surface area contributed by atoms with Gasteiger partial charge in [0.1, 0.15) is 0 Å². The Bertz CT molecular complexity index is 913. The molecule has 1 aliphatic rings. The number of aryl methyl sites for hydroxylation is 2. The Kier molecular flexibility index (Phi) is 3.76. The van der Waals surface area contributed by atoms with Gasteiger partial charge in [-0.1, -0.05) is 11.6 Å². The van der Waals surface area contributed by atoms with Crippen LogP contribution in [0.3, 0.4) is 0 Å². The molecule has 1 unspecified atom stereocenters. The highest BCUT2D eigenvalue weighted by atomic mass is 35.5. The molecule has 0 aliphatic carbocycles. The van der Waals surface area contributed by atoms with E-state index in [1.807, 2.05) is 42.2 Å². The van der Waals surface area contributed by atoms with Crippen LogP contribution in [0.4, 0.5) is 5.95 Å². The number of halogens is 1. The normalized spacial score (nSPS) is 17.0. The summed E-state index contributed by atoms with van der Waals surface area (Å²) in [7, 11) is 0. The van der Waals surface area contributed by atoms with Gasteiger partial charge >= 0.3 is 0 Å². The second-order valence-electron chi connectivity index (χ2n) is 6.07. The molecule has 0 radical (unpaired) electrons. The molecule has 0 bridgehead atoms. The predicted octanol–water partition coefficient (Wildman–Crippen LogP) is 3.11. The predicted molar refractivity (Wildman–Crippen MR) is 93.1 cm³/mol. The number of amides is 1. The molecule has 3 aromatic rings. The molecule has 6 nitrogen and oxygen atoms in total. The van der Waals surface area contributed by atoms with Crippen molar-refractivity contribution < 1.29 is 4.79 Å². The Morgan fingerprint density at radius 3 is 3.17 bits per heavy atom. The summed E-state index contributed by atoms with van der Waals surface area (Å²) in [5.74, 6) is 0.542. The maximum Gasteiger partial charge on any atom is 0.230 e. The first-order valence-corrected chi connectivity index (χ1v) is 8.49. The van der Waals surface area contributed by atoms with E-state index in [-0.39, 0.29) is 11.8 Å². The number of nitrogens with one attached hydrogen (secondary N) is 1. The number of imidazole rings is 2. The standard InChI is InChI=1S/C17H18ClN5O/c1-2-23-15-4-3-12(18)8-14(15)20-17(23)21-16(24)11-5-6-22-10-19-9-13(22)7-11/h3-4,8-11H,2,5-7H2,1H3,(H,20,21,24). The minimum Gasteiger partial charge on any atom is -0.335 e.